The van der Waals surface area contributed by atoms with Gasteiger partial charge in [-0.1, -0.05) is 13.0 Å². The number of nitrogens with zero attached hydrogens (tertiary/aromatic N) is 1. The molecule has 4 heteroatoms. The number of Topliss-reactive ketones (excluding diaryl/α,β-unsaturated/α-hetero) is 1. The maximum Gasteiger partial charge on any atom is 0.195 e. The maximum absolute atomic E-state index is 11.4. The summed E-state index contributed by atoms with van der Waals surface area (Å²) in [6, 6.07) is 6.04. The van der Waals surface area contributed by atoms with E-state index in [-0.39, 0.29) is 5.78 Å². The molecule has 1 heterocycles. The molecule has 0 radical (unpaired) electrons. The monoisotopic (exact) mass is 258 g/mol. The van der Waals surface area contributed by atoms with E-state index in [1.165, 1.54) is 12.5 Å². The number of aryl methyl sites for hydroxylation is 2. The second kappa shape index (κ2) is 5.26. The molecule has 0 saturated heterocycles. The fourth-order valence-corrected chi connectivity index (χ4v) is 2.05. The molecule has 1 N–H and O–H groups in total. The number of carbonyl (C=O) groups is 1. The topological polar surface area (TPSA) is 55.0 Å². The lowest BCUT2D eigenvalue weighted by Crippen LogP contribution is -1.95. The van der Waals surface area contributed by atoms with Crippen molar-refractivity contribution in [3.8, 4) is 17.0 Å². The van der Waals surface area contributed by atoms with Gasteiger partial charge in [0.1, 0.15) is 5.75 Å². The largest absolute Gasteiger partial charge is 0.496 e. The smallest absolute Gasteiger partial charge is 0.195 e. The summed E-state index contributed by atoms with van der Waals surface area (Å²) in [4.78, 5) is 18.8. The van der Waals surface area contributed by atoms with E-state index >= 15 is 0 Å². The quantitative estimate of drug-likeness (QED) is 0.857. The summed E-state index contributed by atoms with van der Waals surface area (Å²) in [5.41, 5.74) is 3.78. The number of benzene rings is 1. The summed E-state index contributed by atoms with van der Waals surface area (Å²) >= 11 is 0. The molecule has 0 aliphatic carbocycles. The maximum atomic E-state index is 11.4. The zero-order valence-corrected chi connectivity index (χ0v) is 11.7. The Morgan fingerprint density at radius 2 is 2.16 bits per heavy atom. The van der Waals surface area contributed by atoms with E-state index in [4.69, 9.17) is 4.74 Å². The van der Waals surface area contributed by atoms with Crippen molar-refractivity contribution in [1.82, 2.24) is 9.97 Å². The van der Waals surface area contributed by atoms with Crippen LogP contribution in [0, 0.1) is 6.92 Å². The molecule has 1 aromatic carbocycles. The Hall–Kier alpha value is -2.10. The Morgan fingerprint density at radius 1 is 1.42 bits per heavy atom. The van der Waals surface area contributed by atoms with Crippen LogP contribution in [-0.2, 0) is 6.42 Å². The number of ether oxygens (including phenoxy) is 1. The summed E-state index contributed by atoms with van der Waals surface area (Å²) in [5, 5.41) is 0. The number of ketones is 1. The number of aromatic nitrogens is 2. The van der Waals surface area contributed by atoms with Crippen molar-refractivity contribution in [2.75, 3.05) is 7.11 Å². The third kappa shape index (κ3) is 2.52. The van der Waals surface area contributed by atoms with Crippen LogP contribution in [0.2, 0.25) is 0 Å². The predicted molar refractivity (Wildman–Crippen MR) is 74.7 cm³/mol. The predicted octanol–water partition coefficient (Wildman–Crippen LogP) is 3.16. The molecule has 0 unspecified atom stereocenters. The number of methoxy groups -OCH3 is 1. The molecule has 0 atom stereocenters. The summed E-state index contributed by atoms with van der Waals surface area (Å²) in [5.74, 6) is 1.08. The second-order valence-corrected chi connectivity index (χ2v) is 4.50. The van der Waals surface area contributed by atoms with Crippen LogP contribution in [0.1, 0.15) is 35.7 Å². The van der Waals surface area contributed by atoms with Gasteiger partial charge in [-0.25, -0.2) is 4.98 Å². The van der Waals surface area contributed by atoms with Crippen molar-refractivity contribution in [3.63, 3.8) is 0 Å². The minimum atomic E-state index is -0.0695. The number of H-pyrrole nitrogens is 1. The standard InChI is InChI=1S/C15H18N2O2/c1-5-11-6-7-13(19-4)12(8-11)14-9(2)16-15(17-14)10(3)18/h6-8H,5H2,1-4H3,(H,16,17). The van der Waals surface area contributed by atoms with Crippen LogP contribution in [0.3, 0.4) is 0 Å². The molecule has 100 valence electrons. The first-order chi connectivity index (χ1) is 9.06. The number of carbonyl (C=O) groups excluding carboxylic acids is 1. The fraction of sp³-hybridized carbons (Fsp3) is 0.333. The molecule has 1 aromatic heterocycles. The van der Waals surface area contributed by atoms with E-state index < -0.39 is 0 Å². The number of aromatic amines is 1. The molecule has 2 aromatic rings. The van der Waals surface area contributed by atoms with Gasteiger partial charge in [0.05, 0.1) is 12.8 Å². The molecule has 0 bridgehead atoms. The lowest BCUT2D eigenvalue weighted by atomic mass is 10.0. The number of rotatable bonds is 4. The van der Waals surface area contributed by atoms with Crippen LogP contribution in [-0.4, -0.2) is 22.9 Å². The van der Waals surface area contributed by atoms with Gasteiger partial charge in [-0.2, -0.15) is 0 Å². The molecule has 2 rings (SSSR count). The molecule has 0 fully saturated rings. The normalized spacial score (nSPS) is 10.5. The summed E-state index contributed by atoms with van der Waals surface area (Å²) < 4.78 is 5.39. The Labute approximate surface area is 112 Å². The van der Waals surface area contributed by atoms with Gasteiger partial charge in [0.2, 0.25) is 0 Å². The average molecular weight is 258 g/mol. The third-order valence-corrected chi connectivity index (χ3v) is 3.15. The molecule has 4 nitrogen and oxygen atoms in total. The number of hydrogen-bond acceptors (Lipinski definition) is 3. The SMILES string of the molecule is CCc1ccc(OC)c(-c2nc(C(C)=O)[nH]c2C)c1. The minimum absolute atomic E-state index is 0.0695. The van der Waals surface area contributed by atoms with Crippen molar-refractivity contribution in [2.24, 2.45) is 0 Å². The summed E-state index contributed by atoms with van der Waals surface area (Å²) in [7, 11) is 1.64. The first kappa shape index (κ1) is 13.3. The number of imidazole rings is 1. The highest BCUT2D eigenvalue weighted by molar-refractivity contribution is 5.91. The Bertz CT molecular complexity index is 615. The third-order valence-electron chi connectivity index (χ3n) is 3.15. The first-order valence-corrected chi connectivity index (χ1v) is 6.31. The van der Waals surface area contributed by atoms with Gasteiger partial charge >= 0.3 is 0 Å². The highest BCUT2D eigenvalue weighted by atomic mass is 16.5. The lowest BCUT2D eigenvalue weighted by molar-refractivity contribution is 0.100. The van der Waals surface area contributed by atoms with Crippen molar-refractivity contribution < 1.29 is 9.53 Å². The van der Waals surface area contributed by atoms with Crippen LogP contribution in [0.4, 0.5) is 0 Å². The van der Waals surface area contributed by atoms with E-state index in [0.29, 0.717) is 5.82 Å². The van der Waals surface area contributed by atoms with Crippen molar-refractivity contribution >= 4 is 5.78 Å². The highest BCUT2D eigenvalue weighted by Crippen LogP contribution is 2.32. The highest BCUT2D eigenvalue weighted by Gasteiger charge is 2.15. The molecule has 0 saturated carbocycles. The van der Waals surface area contributed by atoms with Gasteiger partial charge in [0.25, 0.3) is 0 Å². The van der Waals surface area contributed by atoms with Crippen molar-refractivity contribution in [1.29, 1.82) is 0 Å². The van der Waals surface area contributed by atoms with E-state index in [2.05, 4.69) is 23.0 Å². The Morgan fingerprint density at radius 3 is 2.68 bits per heavy atom. The average Bonchev–Trinajstić information content (AvgIpc) is 2.80. The molecule has 0 amide bonds. The van der Waals surface area contributed by atoms with Gasteiger partial charge in [0, 0.05) is 18.2 Å². The fourth-order valence-electron chi connectivity index (χ4n) is 2.05. The van der Waals surface area contributed by atoms with Gasteiger partial charge in [-0.05, 0) is 31.0 Å². The van der Waals surface area contributed by atoms with Crippen LogP contribution in [0.15, 0.2) is 18.2 Å². The van der Waals surface area contributed by atoms with Crippen molar-refractivity contribution in [3.05, 3.63) is 35.3 Å². The van der Waals surface area contributed by atoms with E-state index in [1.807, 2.05) is 19.1 Å². The molecular weight excluding hydrogens is 240 g/mol. The van der Waals surface area contributed by atoms with Gasteiger partial charge < -0.3 is 9.72 Å². The summed E-state index contributed by atoms with van der Waals surface area (Å²) in [6.45, 7) is 5.51. The van der Waals surface area contributed by atoms with Crippen LogP contribution >= 0.6 is 0 Å². The van der Waals surface area contributed by atoms with E-state index in [9.17, 15) is 4.79 Å². The zero-order chi connectivity index (χ0) is 14.0. The number of hydrogen-bond donors (Lipinski definition) is 1. The lowest BCUT2D eigenvalue weighted by Gasteiger charge is -2.09. The molecular formula is C15H18N2O2. The number of nitrogens with one attached hydrogen (secondary N) is 1. The molecule has 0 spiro atoms. The summed E-state index contributed by atoms with van der Waals surface area (Å²) in [6.07, 6.45) is 0.944. The first-order valence-electron chi connectivity index (χ1n) is 6.31. The van der Waals surface area contributed by atoms with Gasteiger partial charge in [0.15, 0.2) is 11.6 Å². The zero-order valence-electron chi connectivity index (χ0n) is 11.7. The molecule has 0 aliphatic heterocycles. The Kier molecular flexibility index (Phi) is 3.69. The second-order valence-electron chi connectivity index (χ2n) is 4.50. The Balaban J connectivity index is 2.59. The van der Waals surface area contributed by atoms with E-state index in [1.54, 1.807) is 7.11 Å². The molecule has 19 heavy (non-hydrogen) atoms. The van der Waals surface area contributed by atoms with Crippen molar-refractivity contribution in [2.45, 2.75) is 27.2 Å². The van der Waals surface area contributed by atoms with Gasteiger partial charge in [-0.3, -0.25) is 4.79 Å². The van der Waals surface area contributed by atoms with Crippen LogP contribution < -0.4 is 4.74 Å². The van der Waals surface area contributed by atoms with Crippen LogP contribution in [0.5, 0.6) is 5.75 Å². The minimum Gasteiger partial charge on any atom is -0.496 e. The molecule has 0 aliphatic rings. The van der Waals surface area contributed by atoms with Gasteiger partial charge in [-0.15, -0.1) is 0 Å². The van der Waals surface area contributed by atoms with Crippen LogP contribution in [0.25, 0.3) is 11.3 Å². The van der Waals surface area contributed by atoms with E-state index in [0.717, 1.165) is 29.1 Å².